The number of aromatic nitrogens is 1. The molecule has 1 aliphatic carbocycles. The fourth-order valence-electron chi connectivity index (χ4n) is 3.69. The number of nitrogens with zero attached hydrogens (tertiary/aromatic N) is 1. The molecule has 1 aromatic heterocycles. The monoisotopic (exact) mass is 410 g/mol. The molecule has 0 spiro atoms. The van der Waals surface area contributed by atoms with Gasteiger partial charge >= 0.3 is 0 Å². The van der Waals surface area contributed by atoms with Crippen molar-refractivity contribution in [3.05, 3.63) is 46.4 Å². The van der Waals surface area contributed by atoms with E-state index in [-0.39, 0.29) is 23.3 Å². The molecule has 0 bridgehead atoms. The second-order valence-corrected chi connectivity index (χ2v) is 7.57. The topological polar surface area (TPSA) is 51.2 Å². The summed E-state index contributed by atoms with van der Waals surface area (Å²) in [6, 6.07) is 5.80. The lowest BCUT2D eigenvalue weighted by Crippen LogP contribution is -2.22. The summed E-state index contributed by atoms with van der Waals surface area (Å²) in [6.45, 7) is 0.241. The second kappa shape index (κ2) is 7.62. The number of fused-ring (bicyclic) bond motifs is 1. The number of hydrogen-bond acceptors (Lipinski definition) is 3. The van der Waals surface area contributed by atoms with Gasteiger partial charge in [0.15, 0.2) is 0 Å². The molecule has 2 aromatic rings. The number of hydrogen-bond donors (Lipinski definition) is 1. The zero-order valence-electron chi connectivity index (χ0n) is 14.8. The molecule has 1 amide bonds. The lowest BCUT2D eigenvalue weighted by molar-refractivity contribution is -0.109. The molecule has 1 saturated carbocycles. The number of rotatable bonds is 7. The predicted molar refractivity (Wildman–Crippen MR) is 98.4 cm³/mol. The molecule has 4 nitrogen and oxygen atoms in total. The average Bonchev–Trinajstić information content (AvgIpc) is 3.41. The number of alkyl halides is 2. The van der Waals surface area contributed by atoms with Gasteiger partial charge in [-0.3, -0.25) is 4.79 Å². The smallest absolute Gasteiger partial charge is 0.248 e. The third-order valence-electron chi connectivity index (χ3n) is 5.32. The molecule has 4 rings (SSSR count). The minimum Gasteiger partial charge on any atom is -0.490 e. The zero-order valence-corrected chi connectivity index (χ0v) is 15.6. The van der Waals surface area contributed by atoms with Crippen molar-refractivity contribution < 1.29 is 22.7 Å². The highest BCUT2D eigenvalue weighted by Gasteiger charge is 2.38. The Bertz CT molecular complexity index is 905. The summed E-state index contributed by atoms with van der Waals surface area (Å²) in [7, 11) is 0. The van der Waals surface area contributed by atoms with Crippen LogP contribution in [0.3, 0.4) is 0 Å². The van der Waals surface area contributed by atoms with Gasteiger partial charge in [0.05, 0.1) is 10.9 Å². The Morgan fingerprint density at radius 3 is 2.75 bits per heavy atom. The lowest BCUT2D eigenvalue weighted by Gasteiger charge is -2.19. The first kappa shape index (κ1) is 19.1. The van der Waals surface area contributed by atoms with Crippen LogP contribution in [-0.2, 0) is 4.79 Å². The zero-order chi connectivity index (χ0) is 19.8. The molecular formula is C20H18ClF3N2O2. The second-order valence-electron chi connectivity index (χ2n) is 7.16. The maximum Gasteiger partial charge on any atom is 0.248 e. The van der Waals surface area contributed by atoms with Gasteiger partial charge in [-0.1, -0.05) is 11.6 Å². The number of amides is 1. The van der Waals surface area contributed by atoms with E-state index in [9.17, 15) is 18.0 Å². The quantitative estimate of drug-likeness (QED) is 0.683. The number of carbonyl (C=O) groups is 1. The van der Waals surface area contributed by atoms with Gasteiger partial charge in [-0.25, -0.2) is 18.2 Å². The maximum absolute atomic E-state index is 13.6. The summed E-state index contributed by atoms with van der Waals surface area (Å²) >= 11 is 5.91. The Balaban J connectivity index is 1.84. The molecule has 8 heteroatoms. The SMILES string of the molecule is O=CNCC(c1cc2c(c(-c3ccc(F)c(Cl)c3)n1)OCC2C(F)F)C1CC1. The number of pyridine rings is 1. The van der Waals surface area contributed by atoms with Crippen LogP contribution in [0.5, 0.6) is 5.75 Å². The molecule has 0 radical (unpaired) electrons. The van der Waals surface area contributed by atoms with Crippen molar-refractivity contribution in [1.29, 1.82) is 0 Å². The van der Waals surface area contributed by atoms with Gasteiger partial charge in [-0.2, -0.15) is 0 Å². The van der Waals surface area contributed by atoms with Crippen molar-refractivity contribution in [2.24, 2.45) is 5.92 Å². The van der Waals surface area contributed by atoms with Crippen LogP contribution in [0.15, 0.2) is 24.3 Å². The summed E-state index contributed by atoms with van der Waals surface area (Å²) in [6.07, 6.45) is 0.0371. The summed E-state index contributed by atoms with van der Waals surface area (Å²) in [4.78, 5) is 15.5. The van der Waals surface area contributed by atoms with E-state index < -0.39 is 18.2 Å². The molecule has 2 unspecified atom stereocenters. The number of ether oxygens (including phenoxy) is 1. The van der Waals surface area contributed by atoms with Crippen molar-refractivity contribution in [2.45, 2.75) is 31.1 Å². The highest BCUT2D eigenvalue weighted by molar-refractivity contribution is 6.31. The van der Waals surface area contributed by atoms with Gasteiger partial charge < -0.3 is 10.1 Å². The lowest BCUT2D eigenvalue weighted by atomic mass is 9.92. The molecule has 2 atom stereocenters. The molecule has 1 aliphatic heterocycles. The normalized spacial score (nSPS) is 19.2. The van der Waals surface area contributed by atoms with Crippen LogP contribution >= 0.6 is 11.6 Å². The molecule has 1 N–H and O–H groups in total. The van der Waals surface area contributed by atoms with E-state index in [4.69, 9.17) is 16.3 Å². The number of nitrogens with one attached hydrogen (secondary N) is 1. The molecule has 1 aromatic carbocycles. The van der Waals surface area contributed by atoms with Gasteiger partial charge in [0.2, 0.25) is 12.8 Å². The summed E-state index contributed by atoms with van der Waals surface area (Å²) < 4.78 is 46.3. The van der Waals surface area contributed by atoms with E-state index in [1.165, 1.54) is 18.2 Å². The van der Waals surface area contributed by atoms with E-state index in [0.717, 1.165) is 12.8 Å². The van der Waals surface area contributed by atoms with Crippen LogP contribution in [0.2, 0.25) is 5.02 Å². The van der Waals surface area contributed by atoms with Crippen LogP contribution in [-0.4, -0.2) is 31.0 Å². The average molecular weight is 411 g/mol. The third kappa shape index (κ3) is 3.55. The van der Waals surface area contributed by atoms with Crippen molar-refractivity contribution >= 4 is 18.0 Å². The van der Waals surface area contributed by atoms with Crippen LogP contribution in [0, 0.1) is 11.7 Å². The van der Waals surface area contributed by atoms with Crippen molar-refractivity contribution in [3.8, 4) is 17.0 Å². The minimum absolute atomic E-state index is 0.0795. The molecule has 2 heterocycles. The first-order valence-electron chi connectivity index (χ1n) is 9.07. The van der Waals surface area contributed by atoms with Crippen molar-refractivity contribution in [2.75, 3.05) is 13.2 Å². The maximum atomic E-state index is 13.6. The van der Waals surface area contributed by atoms with E-state index in [1.54, 1.807) is 6.07 Å². The Morgan fingerprint density at radius 1 is 1.32 bits per heavy atom. The highest BCUT2D eigenvalue weighted by Crippen LogP contribution is 2.47. The van der Waals surface area contributed by atoms with Gasteiger partial charge in [0.25, 0.3) is 0 Å². The van der Waals surface area contributed by atoms with Gasteiger partial charge in [-0.15, -0.1) is 0 Å². The third-order valence-corrected chi connectivity index (χ3v) is 5.61. The molecule has 28 heavy (non-hydrogen) atoms. The first-order valence-corrected chi connectivity index (χ1v) is 9.45. The Morgan fingerprint density at radius 2 is 2.11 bits per heavy atom. The van der Waals surface area contributed by atoms with Crippen LogP contribution in [0.4, 0.5) is 13.2 Å². The fraction of sp³-hybridized carbons (Fsp3) is 0.400. The summed E-state index contributed by atoms with van der Waals surface area (Å²) in [5.41, 5.74) is 1.89. The van der Waals surface area contributed by atoms with E-state index in [2.05, 4.69) is 10.3 Å². The Labute approximate surface area is 165 Å². The Kier molecular flexibility index (Phi) is 5.19. The van der Waals surface area contributed by atoms with Crippen LogP contribution < -0.4 is 10.1 Å². The molecule has 0 saturated heterocycles. The number of carbonyl (C=O) groups excluding carboxylic acids is 1. The van der Waals surface area contributed by atoms with Crippen LogP contribution in [0.25, 0.3) is 11.3 Å². The van der Waals surface area contributed by atoms with Crippen molar-refractivity contribution in [1.82, 2.24) is 10.3 Å². The highest BCUT2D eigenvalue weighted by atomic mass is 35.5. The molecule has 2 aliphatic rings. The number of halogens is 4. The molecular weight excluding hydrogens is 393 g/mol. The van der Waals surface area contributed by atoms with Crippen molar-refractivity contribution in [3.63, 3.8) is 0 Å². The van der Waals surface area contributed by atoms with Crippen LogP contribution in [0.1, 0.15) is 35.9 Å². The van der Waals surface area contributed by atoms with Gasteiger partial charge in [-0.05, 0) is 43.0 Å². The molecule has 1 fully saturated rings. The Hall–Kier alpha value is -2.28. The van der Waals surface area contributed by atoms with E-state index >= 15 is 0 Å². The largest absolute Gasteiger partial charge is 0.490 e. The fourth-order valence-corrected chi connectivity index (χ4v) is 3.87. The first-order chi connectivity index (χ1) is 13.5. The predicted octanol–water partition coefficient (Wildman–Crippen LogP) is 4.52. The summed E-state index contributed by atoms with van der Waals surface area (Å²) in [5, 5.41) is 2.59. The standard InChI is InChI=1S/C20H18ClF3N2O2/c21-15-5-11(3-4-16(15)22)18-19-12(14(8-28-19)20(23)24)6-17(26-18)13(7-25-9-27)10-1-2-10/h3-6,9-10,13-14,20H,1-2,7-8H2,(H,25,27). The summed E-state index contributed by atoms with van der Waals surface area (Å²) in [5.74, 6) is -1.07. The van der Waals surface area contributed by atoms with E-state index in [1.807, 2.05) is 0 Å². The van der Waals surface area contributed by atoms with Gasteiger partial charge in [0, 0.05) is 29.3 Å². The minimum atomic E-state index is -2.58. The number of benzene rings is 1. The van der Waals surface area contributed by atoms with E-state index in [0.29, 0.717) is 41.4 Å². The van der Waals surface area contributed by atoms with Gasteiger partial charge in [0.1, 0.15) is 23.9 Å². The molecule has 148 valence electrons.